The van der Waals surface area contributed by atoms with Gasteiger partial charge in [-0.05, 0) is 61.7 Å². The van der Waals surface area contributed by atoms with E-state index in [0.29, 0.717) is 17.1 Å². The van der Waals surface area contributed by atoms with Gasteiger partial charge in [-0.25, -0.2) is 10.2 Å². The Bertz CT molecular complexity index is 1020. The van der Waals surface area contributed by atoms with E-state index in [4.69, 9.17) is 14.2 Å². The van der Waals surface area contributed by atoms with Gasteiger partial charge in [-0.1, -0.05) is 12.1 Å². The molecule has 0 radical (unpaired) electrons. The van der Waals surface area contributed by atoms with Gasteiger partial charge in [0.2, 0.25) is 11.8 Å². The van der Waals surface area contributed by atoms with Crippen LogP contribution < -0.4 is 20.2 Å². The van der Waals surface area contributed by atoms with Crippen LogP contribution in [0.15, 0.2) is 41.5 Å². The highest BCUT2D eigenvalue weighted by molar-refractivity contribution is 5.94. The van der Waals surface area contributed by atoms with Crippen LogP contribution in [0.4, 0.5) is 5.69 Å². The van der Waals surface area contributed by atoms with E-state index in [1.807, 2.05) is 32.0 Å². The zero-order chi connectivity index (χ0) is 24.2. The lowest BCUT2D eigenvalue weighted by Gasteiger charge is -2.10. The molecular weight excluding hydrogens is 426 g/mol. The van der Waals surface area contributed by atoms with Gasteiger partial charge in [-0.3, -0.25) is 9.59 Å². The third-order valence-corrected chi connectivity index (χ3v) is 4.70. The van der Waals surface area contributed by atoms with E-state index in [1.54, 1.807) is 25.1 Å². The van der Waals surface area contributed by atoms with Crippen molar-refractivity contribution in [2.24, 2.45) is 5.10 Å². The summed E-state index contributed by atoms with van der Waals surface area (Å²) in [5.41, 5.74) is 5.85. The molecule has 33 heavy (non-hydrogen) atoms. The Morgan fingerprint density at radius 2 is 1.79 bits per heavy atom. The van der Waals surface area contributed by atoms with Crippen molar-refractivity contribution in [2.45, 2.75) is 33.6 Å². The number of ether oxygens (including phenoxy) is 3. The number of aryl methyl sites for hydroxylation is 1. The number of rotatable bonds is 11. The molecule has 0 atom stereocenters. The van der Waals surface area contributed by atoms with Gasteiger partial charge in [0.1, 0.15) is 0 Å². The molecule has 0 aliphatic heterocycles. The number of carbonyl (C=O) groups excluding carboxylic acids is 3. The van der Waals surface area contributed by atoms with Gasteiger partial charge in [-0.15, -0.1) is 0 Å². The third-order valence-electron chi connectivity index (χ3n) is 4.70. The molecule has 0 aliphatic rings. The van der Waals surface area contributed by atoms with Gasteiger partial charge in [0.25, 0.3) is 0 Å². The highest BCUT2D eigenvalue weighted by Crippen LogP contribution is 2.27. The normalized spacial score (nSPS) is 10.5. The first-order chi connectivity index (χ1) is 15.8. The summed E-state index contributed by atoms with van der Waals surface area (Å²) in [4.78, 5) is 35.6. The number of hydrogen-bond acceptors (Lipinski definition) is 7. The maximum Gasteiger partial charge on any atom is 0.344 e. The Labute approximate surface area is 193 Å². The van der Waals surface area contributed by atoms with E-state index in [9.17, 15) is 14.4 Å². The van der Waals surface area contributed by atoms with Crippen LogP contribution in [0.3, 0.4) is 0 Å². The van der Waals surface area contributed by atoms with Crippen LogP contribution in [0.25, 0.3) is 0 Å². The van der Waals surface area contributed by atoms with Crippen molar-refractivity contribution >= 4 is 29.7 Å². The average Bonchev–Trinajstić information content (AvgIpc) is 2.80. The number of nitrogens with one attached hydrogen (secondary N) is 2. The summed E-state index contributed by atoms with van der Waals surface area (Å²) >= 11 is 0. The molecule has 0 bridgehead atoms. The fourth-order valence-electron chi connectivity index (χ4n) is 2.78. The maximum atomic E-state index is 12.1. The average molecular weight is 456 g/mol. The van der Waals surface area contributed by atoms with Crippen molar-refractivity contribution in [1.82, 2.24) is 5.43 Å². The molecule has 2 N–H and O–H groups in total. The Balaban J connectivity index is 1.82. The summed E-state index contributed by atoms with van der Waals surface area (Å²) in [5.74, 6) is -0.329. The maximum absolute atomic E-state index is 12.1. The predicted molar refractivity (Wildman–Crippen MR) is 125 cm³/mol. The van der Waals surface area contributed by atoms with Gasteiger partial charge >= 0.3 is 5.97 Å². The first-order valence-electron chi connectivity index (χ1n) is 10.5. The molecule has 0 fully saturated rings. The summed E-state index contributed by atoms with van der Waals surface area (Å²) in [6.07, 6.45) is 1.47. The number of methoxy groups -OCH3 is 1. The van der Waals surface area contributed by atoms with Crippen LogP contribution in [0, 0.1) is 13.8 Å². The Hall–Kier alpha value is -3.88. The zero-order valence-electron chi connectivity index (χ0n) is 19.3. The van der Waals surface area contributed by atoms with E-state index < -0.39 is 5.97 Å². The monoisotopic (exact) mass is 455 g/mol. The second-order valence-corrected chi connectivity index (χ2v) is 7.09. The number of esters is 1. The summed E-state index contributed by atoms with van der Waals surface area (Å²) in [6.45, 7) is 5.66. The van der Waals surface area contributed by atoms with Crippen LogP contribution in [0.1, 0.15) is 36.5 Å². The van der Waals surface area contributed by atoms with Crippen LogP contribution in [-0.4, -0.2) is 44.3 Å². The van der Waals surface area contributed by atoms with Gasteiger partial charge in [0, 0.05) is 18.5 Å². The lowest BCUT2D eigenvalue weighted by Crippen LogP contribution is -2.21. The number of anilines is 1. The molecule has 0 aromatic heterocycles. The smallest absolute Gasteiger partial charge is 0.344 e. The summed E-state index contributed by atoms with van der Waals surface area (Å²) < 4.78 is 15.5. The van der Waals surface area contributed by atoms with Gasteiger partial charge < -0.3 is 19.5 Å². The minimum absolute atomic E-state index is 0.00199. The second kappa shape index (κ2) is 12.8. The zero-order valence-corrected chi connectivity index (χ0v) is 19.3. The minimum atomic E-state index is -0.476. The molecule has 176 valence electrons. The molecule has 2 amide bonds. The Morgan fingerprint density at radius 3 is 2.52 bits per heavy atom. The van der Waals surface area contributed by atoms with E-state index in [0.717, 1.165) is 16.8 Å². The predicted octanol–water partition coefficient (Wildman–Crippen LogP) is 3.12. The molecule has 0 unspecified atom stereocenters. The molecule has 0 aliphatic carbocycles. The third kappa shape index (κ3) is 8.29. The number of hydrazone groups is 1. The van der Waals surface area contributed by atoms with E-state index in [1.165, 1.54) is 13.3 Å². The highest BCUT2D eigenvalue weighted by atomic mass is 16.6. The van der Waals surface area contributed by atoms with Crippen molar-refractivity contribution in [3.05, 3.63) is 53.1 Å². The Kier molecular flexibility index (Phi) is 9.88. The minimum Gasteiger partial charge on any atom is -0.493 e. The SMILES string of the molecule is CCOC(=O)COc1ccc(C=NNC(=O)CCC(=O)Nc2cccc(C)c2C)cc1OC. The van der Waals surface area contributed by atoms with Crippen molar-refractivity contribution in [3.63, 3.8) is 0 Å². The van der Waals surface area contributed by atoms with Crippen molar-refractivity contribution in [2.75, 3.05) is 25.6 Å². The van der Waals surface area contributed by atoms with Crippen LogP contribution in [0.2, 0.25) is 0 Å². The van der Waals surface area contributed by atoms with Crippen LogP contribution in [-0.2, 0) is 19.1 Å². The largest absolute Gasteiger partial charge is 0.493 e. The van der Waals surface area contributed by atoms with E-state index in [2.05, 4.69) is 15.8 Å². The lowest BCUT2D eigenvalue weighted by molar-refractivity contribution is -0.145. The topological polar surface area (TPSA) is 115 Å². The first kappa shape index (κ1) is 25.4. The van der Waals surface area contributed by atoms with Gasteiger partial charge in [0.15, 0.2) is 18.1 Å². The van der Waals surface area contributed by atoms with Crippen LogP contribution >= 0.6 is 0 Å². The van der Waals surface area contributed by atoms with Gasteiger partial charge in [-0.2, -0.15) is 5.10 Å². The summed E-state index contributed by atoms with van der Waals surface area (Å²) in [6, 6.07) is 10.6. The number of amides is 2. The van der Waals surface area contributed by atoms with Crippen LogP contribution in [0.5, 0.6) is 11.5 Å². The molecule has 0 heterocycles. The van der Waals surface area contributed by atoms with E-state index >= 15 is 0 Å². The quantitative estimate of drug-likeness (QED) is 0.306. The molecule has 2 rings (SSSR count). The second-order valence-electron chi connectivity index (χ2n) is 7.09. The summed E-state index contributed by atoms with van der Waals surface area (Å²) in [5, 5.41) is 6.72. The molecule has 2 aromatic rings. The molecule has 0 saturated carbocycles. The van der Waals surface area contributed by atoms with Gasteiger partial charge in [0.05, 0.1) is 19.9 Å². The summed E-state index contributed by atoms with van der Waals surface area (Å²) in [7, 11) is 1.47. The Morgan fingerprint density at radius 1 is 1.03 bits per heavy atom. The van der Waals surface area contributed by atoms with Crippen molar-refractivity contribution in [1.29, 1.82) is 0 Å². The van der Waals surface area contributed by atoms with Crippen molar-refractivity contribution < 1.29 is 28.6 Å². The molecule has 2 aromatic carbocycles. The molecule has 9 heteroatoms. The molecule has 0 saturated heterocycles. The highest BCUT2D eigenvalue weighted by Gasteiger charge is 2.10. The first-order valence-corrected chi connectivity index (χ1v) is 10.5. The fourth-order valence-corrected chi connectivity index (χ4v) is 2.78. The molecule has 0 spiro atoms. The number of carbonyl (C=O) groups is 3. The molecular formula is C24H29N3O6. The standard InChI is InChI=1S/C24H29N3O6/c1-5-32-24(30)15-33-20-10-9-18(13-21(20)31-4)14-25-27-23(29)12-11-22(28)26-19-8-6-7-16(2)17(19)3/h6-10,13-14H,5,11-12,15H2,1-4H3,(H,26,28)(H,27,29). The number of nitrogens with zero attached hydrogens (tertiary/aromatic N) is 1. The lowest BCUT2D eigenvalue weighted by atomic mass is 10.1. The van der Waals surface area contributed by atoms with Crippen molar-refractivity contribution in [3.8, 4) is 11.5 Å². The van der Waals surface area contributed by atoms with E-state index in [-0.39, 0.29) is 37.9 Å². The molecule has 9 nitrogen and oxygen atoms in total. The number of benzene rings is 2. The fraction of sp³-hybridized carbons (Fsp3) is 0.333. The number of hydrogen-bond donors (Lipinski definition) is 2.